The van der Waals surface area contributed by atoms with E-state index in [0.717, 1.165) is 38.5 Å². The van der Waals surface area contributed by atoms with E-state index in [2.05, 4.69) is 13.8 Å². The molecule has 2 atom stereocenters. The number of carboxylic acid groups (broad SMARTS) is 1. The highest BCUT2D eigenvalue weighted by atomic mass is 16.5. The molecule has 0 spiro atoms. The van der Waals surface area contributed by atoms with Gasteiger partial charge in [0.15, 0.2) is 0 Å². The lowest BCUT2D eigenvalue weighted by Gasteiger charge is -2.25. The Morgan fingerprint density at radius 3 is 2.05 bits per heavy atom. The van der Waals surface area contributed by atoms with Crippen LogP contribution in [0.2, 0.25) is 0 Å². The number of rotatable bonds is 12. The van der Waals surface area contributed by atoms with Gasteiger partial charge in [-0.25, -0.2) is 0 Å². The lowest BCUT2D eigenvalue weighted by atomic mass is 9.80. The minimum atomic E-state index is -0.892. The largest absolute Gasteiger partial charge is 0.481 e. The summed E-state index contributed by atoms with van der Waals surface area (Å²) in [4.78, 5) is 23.8. The van der Waals surface area contributed by atoms with Crippen LogP contribution in [0.4, 0.5) is 0 Å². The molecular formula is C17H32O4. The maximum absolute atomic E-state index is 12.3. The van der Waals surface area contributed by atoms with Gasteiger partial charge in [0.05, 0.1) is 18.4 Å². The van der Waals surface area contributed by atoms with Crippen LogP contribution in [-0.4, -0.2) is 23.7 Å². The number of ether oxygens (including phenoxy) is 1. The SMILES string of the molecule is CCCCCOC(=O)C(CCCCC)C(C(=O)O)C(C)C. The van der Waals surface area contributed by atoms with Gasteiger partial charge in [-0.1, -0.05) is 59.8 Å². The average molecular weight is 300 g/mol. The van der Waals surface area contributed by atoms with Gasteiger partial charge in [-0.2, -0.15) is 0 Å². The second-order valence-electron chi connectivity index (χ2n) is 6.08. The van der Waals surface area contributed by atoms with E-state index in [0.29, 0.717) is 13.0 Å². The van der Waals surface area contributed by atoms with Crippen LogP contribution in [0, 0.1) is 17.8 Å². The number of aliphatic carboxylic acids is 1. The monoisotopic (exact) mass is 300 g/mol. The van der Waals surface area contributed by atoms with E-state index in [1.165, 1.54) is 0 Å². The predicted octanol–water partition coefficient (Wildman–Crippen LogP) is 4.27. The summed E-state index contributed by atoms with van der Waals surface area (Å²) in [5.74, 6) is -2.46. The standard InChI is InChI=1S/C17H32O4/c1-5-7-9-11-14(15(13(3)4)16(18)19)17(20)21-12-10-8-6-2/h13-15H,5-12H2,1-4H3,(H,18,19). The minimum absolute atomic E-state index is 0.0719. The fourth-order valence-electron chi connectivity index (χ4n) is 2.61. The summed E-state index contributed by atoms with van der Waals surface area (Å²) in [5.41, 5.74) is 0. The quantitative estimate of drug-likeness (QED) is 0.432. The summed E-state index contributed by atoms with van der Waals surface area (Å²) < 4.78 is 5.32. The number of carboxylic acids is 1. The number of hydrogen-bond acceptors (Lipinski definition) is 3. The van der Waals surface area contributed by atoms with Gasteiger partial charge in [0.25, 0.3) is 0 Å². The Bertz CT molecular complexity index is 299. The molecule has 0 fully saturated rings. The van der Waals surface area contributed by atoms with Crippen LogP contribution < -0.4 is 0 Å². The molecule has 0 aliphatic heterocycles. The third-order valence-corrected chi connectivity index (χ3v) is 3.85. The van der Waals surface area contributed by atoms with Crippen LogP contribution in [0.5, 0.6) is 0 Å². The second-order valence-corrected chi connectivity index (χ2v) is 6.08. The number of hydrogen-bond donors (Lipinski definition) is 1. The molecule has 2 unspecified atom stereocenters. The van der Waals surface area contributed by atoms with Crippen molar-refractivity contribution in [3.63, 3.8) is 0 Å². The maximum Gasteiger partial charge on any atom is 0.309 e. The molecule has 0 heterocycles. The Kier molecular flexibility index (Phi) is 11.0. The van der Waals surface area contributed by atoms with Crippen molar-refractivity contribution in [3.05, 3.63) is 0 Å². The van der Waals surface area contributed by atoms with Crippen LogP contribution in [0.15, 0.2) is 0 Å². The van der Waals surface area contributed by atoms with Crippen LogP contribution in [0.1, 0.15) is 72.6 Å². The Labute approximate surface area is 129 Å². The van der Waals surface area contributed by atoms with Crippen LogP contribution in [0.25, 0.3) is 0 Å². The first-order chi connectivity index (χ1) is 9.95. The zero-order valence-electron chi connectivity index (χ0n) is 14.1. The molecule has 0 aromatic rings. The fraction of sp³-hybridized carbons (Fsp3) is 0.882. The molecule has 4 nitrogen and oxygen atoms in total. The number of unbranched alkanes of at least 4 members (excludes halogenated alkanes) is 4. The first-order valence-corrected chi connectivity index (χ1v) is 8.35. The molecule has 0 bridgehead atoms. The van der Waals surface area contributed by atoms with Gasteiger partial charge in [-0.15, -0.1) is 0 Å². The van der Waals surface area contributed by atoms with Crippen molar-refractivity contribution < 1.29 is 19.4 Å². The molecule has 124 valence electrons. The normalized spacial score (nSPS) is 14.0. The molecule has 0 amide bonds. The Morgan fingerprint density at radius 1 is 1.00 bits per heavy atom. The molecule has 0 aliphatic carbocycles. The smallest absolute Gasteiger partial charge is 0.309 e. The topological polar surface area (TPSA) is 63.6 Å². The zero-order chi connectivity index (χ0) is 16.3. The molecule has 21 heavy (non-hydrogen) atoms. The van der Waals surface area contributed by atoms with Gasteiger partial charge in [0.1, 0.15) is 0 Å². The molecule has 0 saturated heterocycles. The second kappa shape index (κ2) is 11.6. The van der Waals surface area contributed by atoms with Crippen molar-refractivity contribution >= 4 is 11.9 Å². The molecule has 0 radical (unpaired) electrons. The van der Waals surface area contributed by atoms with Gasteiger partial charge < -0.3 is 9.84 Å². The summed E-state index contributed by atoms with van der Waals surface area (Å²) in [7, 11) is 0. The van der Waals surface area contributed by atoms with Gasteiger partial charge in [0.2, 0.25) is 0 Å². The molecule has 4 heteroatoms. The van der Waals surface area contributed by atoms with E-state index < -0.39 is 17.8 Å². The highest BCUT2D eigenvalue weighted by molar-refractivity contribution is 5.81. The number of esters is 1. The average Bonchev–Trinajstić information content (AvgIpc) is 2.41. The Balaban J connectivity index is 4.68. The van der Waals surface area contributed by atoms with Gasteiger partial charge in [-0.05, 0) is 18.8 Å². The van der Waals surface area contributed by atoms with Crippen molar-refractivity contribution in [3.8, 4) is 0 Å². The number of carbonyl (C=O) groups excluding carboxylic acids is 1. The van der Waals surface area contributed by atoms with E-state index in [1.54, 1.807) is 0 Å². The van der Waals surface area contributed by atoms with Crippen molar-refractivity contribution in [2.24, 2.45) is 17.8 Å². The lowest BCUT2D eigenvalue weighted by molar-refractivity contribution is -0.160. The highest BCUT2D eigenvalue weighted by Gasteiger charge is 2.36. The summed E-state index contributed by atoms with van der Waals surface area (Å²) in [6.07, 6.45) is 6.50. The highest BCUT2D eigenvalue weighted by Crippen LogP contribution is 2.27. The van der Waals surface area contributed by atoms with Gasteiger partial charge in [-0.3, -0.25) is 9.59 Å². The van der Waals surface area contributed by atoms with Crippen LogP contribution in [-0.2, 0) is 14.3 Å². The van der Waals surface area contributed by atoms with E-state index in [9.17, 15) is 14.7 Å². The molecular weight excluding hydrogens is 268 g/mol. The van der Waals surface area contributed by atoms with Crippen molar-refractivity contribution in [1.29, 1.82) is 0 Å². The van der Waals surface area contributed by atoms with E-state index in [1.807, 2.05) is 13.8 Å². The predicted molar refractivity (Wildman–Crippen MR) is 84.1 cm³/mol. The van der Waals surface area contributed by atoms with Crippen molar-refractivity contribution in [1.82, 2.24) is 0 Å². The van der Waals surface area contributed by atoms with Crippen molar-refractivity contribution in [2.75, 3.05) is 6.61 Å². The summed E-state index contributed by atoms with van der Waals surface area (Å²) in [6, 6.07) is 0. The van der Waals surface area contributed by atoms with Crippen LogP contribution in [0.3, 0.4) is 0 Å². The summed E-state index contributed by atoms with van der Waals surface area (Å²) in [5, 5.41) is 9.42. The Hall–Kier alpha value is -1.06. The Morgan fingerprint density at radius 2 is 1.57 bits per heavy atom. The third kappa shape index (κ3) is 8.08. The molecule has 0 aromatic carbocycles. The third-order valence-electron chi connectivity index (χ3n) is 3.85. The van der Waals surface area contributed by atoms with Crippen LogP contribution >= 0.6 is 0 Å². The minimum Gasteiger partial charge on any atom is -0.481 e. The van der Waals surface area contributed by atoms with Gasteiger partial charge >= 0.3 is 11.9 Å². The summed E-state index contributed by atoms with van der Waals surface area (Å²) >= 11 is 0. The molecule has 0 aliphatic rings. The summed E-state index contributed by atoms with van der Waals surface area (Å²) in [6.45, 7) is 8.30. The van der Waals surface area contributed by atoms with Gasteiger partial charge in [0, 0.05) is 0 Å². The fourth-order valence-corrected chi connectivity index (χ4v) is 2.61. The molecule has 0 saturated carbocycles. The molecule has 0 rings (SSSR count). The van der Waals surface area contributed by atoms with E-state index >= 15 is 0 Å². The lowest BCUT2D eigenvalue weighted by Crippen LogP contribution is -2.35. The first-order valence-electron chi connectivity index (χ1n) is 8.35. The van der Waals surface area contributed by atoms with E-state index in [-0.39, 0.29) is 11.9 Å². The maximum atomic E-state index is 12.3. The first kappa shape index (κ1) is 19.9. The number of carbonyl (C=O) groups is 2. The van der Waals surface area contributed by atoms with E-state index in [4.69, 9.17) is 4.74 Å². The molecule has 1 N–H and O–H groups in total. The van der Waals surface area contributed by atoms with Crippen molar-refractivity contribution in [2.45, 2.75) is 72.6 Å². The molecule has 0 aromatic heterocycles. The zero-order valence-corrected chi connectivity index (χ0v) is 14.1.